The molecule has 0 radical (unpaired) electrons. The van der Waals surface area contributed by atoms with E-state index < -0.39 is 28.8 Å². The van der Waals surface area contributed by atoms with Gasteiger partial charge in [-0.05, 0) is 30.7 Å². The summed E-state index contributed by atoms with van der Waals surface area (Å²) >= 11 is 0. The molecule has 5 amide bonds. The van der Waals surface area contributed by atoms with Crippen LogP contribution >= 0.6 is 0 Å². The van der Waals surface area contributed by atoms with Gasteiger partial charge in [0.15, 0.2) is 0 Å². The van der Waals surface area contributed by atoms with Crippen molar-refractivity contribution in [3.8, 4) is 0 Å². The number of para-hydroxylation sites is 1. The fourth-order valence-electron chi connectivity index (χ4n) is 5.24. The van der Waals surface area contributed by atoms with Gasteiger partial charge in [-0.3, -0.25) is 14.9 Å². The van der Waals surface area contributed by atoms with Crippen molar-refractivity contribution in [2.45, 2.75) is 32.0 Å². The van der Waals surface area contributed by atoms with Gasteiger partial charge < -0.3 is 30.3 Å². The number of hydrogen-bond donors (Lipinski definition) is 2. The van der Waals surface area contributed by atoms with Crippen LogP contribution in [0.2, 0.25) is 0 Å². The number of nitro groups is 1. The summed E-state index contributed by atoms with van der Waals surface area (Å²) in [5, 5.41) is 14.3. The summed E-state index contributed by atoms with van der Waals surface area (Å²) in [7, 11) is 0. The van der Waals surface area contributed by atoms with Crippen molar-refractivity contribution in [2.24, 2.45) is 5.73 Å². The number of urea groups is 2. The smallest absolute Gasteiger partial charge is 0.322 e. The first-order valence-corrected chi connectivity index (χ1v) is 13.1. The lowest BCUT2D eigenvalue weighted by atomic mass is 10.0. The number of amides is 5. The molecule has 1 atom stereocenters. The predicted molar refractivity (Wildman–Crippen MR) is 145 cm³/mol. The molecule has 1 aromatic heterocycles. The molecule has 1 saturated heterocycles. The number of carbonyl (C=O) groups excluding carboxylic acids is 3. The topological polar surface area (TPSA) is 160 Å². The second kappa shape index (κ2) is 11.6. The van der Waals surface area contributed by atoms with Gasteiger partial charge in [0, 0.05) is 49.9 Å². The standard InChI is InChI=1S/C27H29FN8O5/c28-19-6-8-20(9-7-19)31-27(39)35-16-24-21(30-17-34(24)15-18-4-1-2-5-22(18)36(40)41)14-23(35)25(37)32-10-3-11-33(13-12-32)26(29)38/h1-2,4-9,17,23H,3,10-16H2,(H2,29,38)(H,31,39). The molecule has 0 aliphatic carbocycles. The van der Waals surface area contributed by atoms with E-state index in [0.29, 0.717) is 42.1 Å². The second-order valence-corrected chi connectivity index (χ2v) is 9.94. The average Bonchev–Trinajstić information content (AvgIpc) is 3.17. The lowest BCUT2D eigenvalue weighted by molar-refractivity contribution is -0.385. The molecule has 14 heteroatoms. The molecule has 41 heavy (non-hydrogen) atoms. The van der Waals surface area contributed by atoms with Crippen LogP contribution < -0.4 is 11.1 Å². The molecular formula is C27H29FN8O5. The maximum absolute atomic E-state index is 13.8. The number of hydrogen-bond acceptors (Lipinski definition) is 6. The Morgan fingerprint density at radius 2 is 1.76 bits per heavy atom. The number of benzene rings is 2. The highest BCUT2D eigenvalue weighted by molar-refractivity contribution is 5.94. The highest BCUT2D eigenvalue weighted by atomic mass is 19.1. The SMILES string of the molecule is NC(=O)N1CCCN(C(=O)C2Cc3ncn(Cc4ccccc4[N+](=O)[O-])c3CN2C(=O)Nc2ccc(F)cc2)CC1. The summed E-state index contributed by atoms with van der Waals surface area (Å²) in [4.78, 5) is 59.2. The molecule has 3 N–H and O–H groups in total. The van der Waals surface area contributed by atoms with E-state index in [0.717, 1.165) is 0 Å². The number of carbonyl (C=O) groups is 3. The Bertz CT molecular complexity index is 1480. The zero-order valence-electron chi connectivity index (χ0n) is 22.1. The van der Waals surface area contributed by atoms with Gasteiger partial charge in [-0.15, -0.1) is 0 Å². The van der Waals surface area contributed by atoms with E-state index in [1.807, 2.05) is 0 Å². The Morgan fingerprint density at radius 1 is 1.05 bits per heavy atom. The first kappa shape index (κ1) is 27.6. The summed E-state index contributed by atoms with van der Waals surface area (Å²) in [6.07, 6.45) is 2.23. The van der Waals surface area contributed by atoms with E-state index in [-0.39, 0.29) is 44.2 Å². The van der Waals surface area contributed by atoms with Crippen molar-refractivity contribution in [3.05, 3.63) is 87.7 Å². The van der Waals surface area contributed by atoms with Crippen LogP contribution in [0.3, 0.4) is 0 Å². The molecule has 5 rings (SSSR count). The molecule has 0 spiro atoms. The third-order valence-corrected chi connectivity index (χ3v) is 7.41. The fraction of sp³-hybridized carbons (Fsp3) is 0.333. The molecule has 2 aromatic carbocycles. The normalized spacial score (nSPS) is 17.0. The number of nitro benzene ring substituents is 1. The van der Waals surface area contributed by atoms with Crippen molar-refractivity contribution in [1.29, 1.82) is 0 Å². The van der Waals surface area contributed by atoms with E-state index in [2.05, 4.69) is 10.3 Å². The quantitative estimate of drug-likeness (QED) is 0.358. The minimum Gasteiger partial charge on any atom is -0.351 e. The van der Waals surface area contributed by atoms with E-state index in [4.69, 9.17) is 5.73 Å². The fourth-order valence-corrected chi connectivity index (χ4v) is 5.24. The van der Waals surface area contributed by atoms with Crippen molar-refractivity contribution in [3.63, 3.8) is 0 Å². The zero-order chi connectivity index (χ0) is 29.1. The van der Waals surface area contributed by atoms with Crippen LogP contribution in [0.15, 0.2) is 54.9 Å². The highest BCUT2D eigenvalue weighted by Gasteiger charge is 2.39. The van der Waals surface area contributed by atoms with Crippen LogP contribution in [0.4, 0.5) is 25.4 Å². The first-order valence-electron chi connectivity index (χ1n) is 13.1. The van der Waals surface area contributed by atoms with Gasteiger partial charge in [-0.2, -0.15) is 0 Å². The van der Waals surface area contributed by atoms with Crippen LogP contribution in [0.1, 0.15) is 23.4 Å². The Balaban J connectivity index is 1.43. The van der Waals surface area contributed by atoms with Gasteiger partial charge in [-0.25, -0.2) is 19.0 Å². The van der Waals surface area contributed by atoms with Crippen LogP contribution in [0.25, 0.3) is 0 Å². The van der Waals surface area contributed by atoms with Crippen LogP contribution in [0, 0.1) is 15.9 Å². The minimum atomic E-state index is -0.891. The molecule has 0 saturated carbocycles. The Morgan fingerprint density at radius 3 is 2.49 bits per heavy atom. The van der Waals surface area contributed by atoms with E-state index >= 15 is 0 Å². The number of nitrogens with zero attached hydrogens (tertiary/aromatic N) is 6. The molecule has 2 aliphatic rings. The van der Waals surface area contributed by atoms with Crippen LogP contribution in [-0.2, 0) is 24.3 Å². The monoisotopic (exact) mass is 564 g/mol. The van der Waals surface area contributed by atoms with Gasteiger partial charge >= 0.3 is 12.1 Å². The molecule has 1 unspecified atom stereocenters. The number of primary amides is 1. The van der Waals surface area contributed by atoms with Gasteiger partial charge in [-0.1, -0.05) is 18.2 Å². The first-order chi connectivity index (χ1) is 19.7. The van der Waals surface area contributed by atoms with E-state index in [9.17, 15) is 28.9 Å². The van der Waals surface area contributed by atoms with Gasteiger partial charge in [0.05, 0.1) is 35.7 Å². The summed E-state index contributed by atoms with van der Waals surface area (Å²) in [6.45, 7) is 1.54. The van der Waals surface area contributed by atoms with Crippen molar-refractivity contribution < 1.29 is 23.7 Å². The maximum Gasteiger partial charge on any atom is 0.322 e. The third-order valence-electron chi connectivity index (χ3n) is 7.41. The Hall–Kier alpha value is -5.01. The molecule has 13 nitrogen and oxygen atoms in total. The molecular weight excluding hydrogens is 535 g/mol. The van der Waals surface area contributed by atoms with Gasteiger partial charge in [0.25, 0.3) is 5.69 Å². The molecule has 214 valence electrons. The largest absolute Gasteiger partial charge is 0.351 e. The number of aromatic nitrogens is 2. The van der Waals surface area contributed by atoms with E-state index in [1.165, 1.54) is 40.1 Å². The molecule has 3 aromatic rings. The van der Waals surface area contributed by atoms with Crippen molar-refractivity contribution in [2.75, 3.05) is 31.5 Å². The summed E-state index contributed by atoms with van der Waals surface area (Å²) in [6, 6.07) is 9.67. The Labute approximate surface area is 234 Å². The van der Waals surface area contributed by atoms with E-state index in [1.54, 1.807) is 34.0 Å². The number of nitrogens with one attached hydrogen (secondary N) is 1. The second-order valence-electron chi connectivity index (χ2n) is 9.94. The summed E-state index contributed by atoms with van der Waals surface area (Å²) in [5.74, 6) is -0.742. The van der Waals surface area contributed by atoms with Crippen LogP contribution in [-0.4, -0.2) is 79.4 Å². The van der Waals surface area contributed by atoms with Gasteiger partial charge in [0.2, 0.25) is 5.91 Å². The minimum absolute atomic E-state index is 0.0145. The van der Waals surface area contributed by atoms with Crippen molar-refractivity contribution >= 4 is 29.3 Å². The highest BCUT2D eigenvalue weighted by Crippen LogP contribution is 2.27. The summed E-state index contributed by atoms with van der Waals surface area (Å²) in [5.41, 5.74) is 7.49. The number of rotatable bonds is 5. The Kier molecular flexibility index (Phi) is 7.81. The third kappa shape index (κ3) is 5.95. The number of fused-ring (bicyclic) bond motifs is 1. The lowest BCUT2D eigenvalue weighted by Crippen LogP contribution is -2.55. The molecule has 0 bridgehead atoms. The van der Waals surface area contributed by atoms with Crippen molar-refractivity contribution in [1.82, 2.24) is 24.3 Å². The van der Waals surface area contributed by atoms with Gasteiger partial charge in [0.1, 0.15) is 11.9 Å². The summed E-state index contributed by atoms with van der Waals surface area (Å²) < 4.78 is 15.2. The molecule has 3 heterocycles. The van der Waals surface area contributed by atoms with Crippen LogP contribution in [0.5, 0.6) is 0 Å². The number of imidazole rings is 1. The molecule has 1 fully saturated rings. The zero-order valence-corrected chi connectivity index (χ0v) is 22.1. The molecule has 2 aliphatic heterocycles. The average molecular weight is 565 g/mol. The maximum atomic E-state index is 13.8. The predicted octanol–water partition coefficient (Wildman–Crippen LogP) is 2.55. The number of anilines is 1. The number of nitrogens with two attached hydrogens (primary N) is 1. The lowest BCUT2D eigenvalue weighted by Gasteiger charge is -2.37. The number of halogens is 1.